The number of aryl methyl sites for hydroxylation is 4. The van der Waals surface area contributed by atoms with Gasteiger partial charge in [0.2, 0.25) is 0 Å². The van der Waals surface area contributed by atoms with Gasteiger partial charge < -0.3 is 25.6 Å². The van der Waals surface area contributed by atoms with Crippen molar-refractivity contribution in [2.45, 2.75) is 78.7 Å². The van der Waals surface area contributed by atoms with Crippen LogP contribution in [0.1, 0.15) is 69.2 Å². The summed E-state index contributed by atoms with van der Waals surface area (Å²) in [6, 6.07) is 4.03. The van der Waals surface area contributed by atoms with E-state index in [2.05, 4.69) is 66.1 Å². The van der Waals surface area contributed by atoms with Crippen LogP contribution >= 0.6 is 23.1 Å². The number of nitrogens with one attached hydrogen (secondary N) is 3. The van der Waals surface area contributed by atoms with Crippen LogP contribution in [-0.2, 0) is 31.7 Å². The Balaban J connectivity index is 0.000000168. The molecule has 1 amide bonds. The van der Waals surface area contributed by atoms with Gasteiger partial charge in [0.15, 0.2) is 22.9 Å². The third kappa shape index (κ3) is 10.5. The number of fused-ring (bicyclic) bond motifs is 2. The zero-order valence-electron chi connectivity index (χ0n) is 37.9. The summed E-state index contributed by atoms with van der Waals surface area (Å²) >= 11 is 2.84. The van der Waals surface area contributed by atoms with E-state index in [0.29, 0.717) is 24.2 Å². The fourth-order valence-corrected chi connectivity index (χ4v) is 9.79. The van der Waals surface area contributed by atoms with Crippen LogP contribution in [0.5, 0.6) is 0 Å². The zero-order chi connectivity index (χ0) is 45.2. The Morgan fingerprint density at radius 1 is 0.769 bits per heavy atom. The molecule has 2 aliphatic heterocycles. The van der Waals surface area contributed by atoms with Crippen LogP contribution in [0.2, 0.25) is 0 Å². The number of piperidine rings is 2. The molecule has 10 heterocycles. The van der Waals surface area contributed by atoms with Gasteiger partial charge in [0.25, 0.3) is 0 Å². The standard InChI is InChI=1S/C25H32N8O2S.C20H24N8S/c1-16-9-21(36-30-16)29-22-23-26-12-20(18-11-27-31(5)14-18)33(23)15-19(28-22)10-17-7-6-8-32(13-17)24(34)35-25(2,3)4;1-13-6-18(29-26-13)25-19-20-22-10-17(15-9-23-27(2)11-15)28(20)12-16(24-19)7-14-4-3-5-21-8-14/h9,11-12,14-15,17H,6-8,10,13H2,1-5H3,(H,28,29);6,9-12,14,21H,3-5,7-8H2,1-2H3,(H,24,25). The summed E-state index contributed by atoms with van der Waals surface area (Å²) in [4.78, 5) is 33.8. The molecular formula is C45H56N16O2S2. The highest BCUT2D eigenvalue weighted by Crippen LogP contribution is 2.31. The molecule has 0 aliphatic carbocycles. The quantitative estimate of drug-likeness (QED) is 0.120. The van der Waals surface area contributed by atoms with Gasteiger partial charge in [-0.15, -0.1) is 0 Å². The van der Waals surface area contributed by atoms with E-state index < -0.39 is 5.60 Å². The van der Waals surface area contributed by atoms with Crippen molar-refractivity contribution in [2.24, 2.45) is 25.9 Å². The molecule has 2 aliphatic rings. The third-order valence-electron chi connectivity index (χ3n) is 11.4. The average molecular weight is 917 g/mol. The predicted octanol–water partition coefficient (Wildman–Crippen LogP) is 8.01. The van der Waals surface area contributed by atoms with Crippen molar-refractivity contribution < 1.29 is 9.53 Å². The Bertz CT molecular complexity index is 2910. The van der Waals surface area contributed by atoms with Gasteiger partial charge in [0, 0.05) is 63.1 Å². The second-order valence-electron chi connectivity index (χ2n) is 18.1. The minimum atomic E-state index is -0.504. The normalized spacial score (nSPS) is 16.8. The highest BCUT2D eigenvalue weighted by molar-refractivity contribution is 7.10. The van der Waals surface area contributed by atoms with Crippen molar-refractivity contribution in [1.82, 2.24) is 67.3 Å². The number of hydrogen-bond donors (Lipinski definition) is 3. The minimum absolute atomic E-state index is 0.244. The molecule has 0 saturated carbocycles. The first-order valence-electron chi connectivity index (χ1n) is 22.1. The first kappa shape index (κ1) is 44.0. The Labute approximate surface area is 385 Å². The molecule has 0 bridgehead atoms. The van der Waals surface area contributed by atoms with Crippen molar-refractivity contribution in [1.29, 1.82) is 0 Å². The van der Waals surface area contributed by atoms with E-state index in [4.69, 9.17) is 14.7 Å². The number of imidazole rings is 2. The number of hydrogen-bond acceptors (Lipinski definition) is 15. The van der Waals surface area contributed by atoms with Crippen LogP contribution in [0.4, 0.5) is 26.4 Å². The van der Waals surface area contributed by atoms with Crippen molar-refractivity contribution in [3.8, 4) is 22.5 Å². The van der Waals surface area contributed by atoms with E-state index >= 15 is 0 Å². The van der Waals surface area contributed by atoms with Crippen LogP contribution in [0.15, 0.2) is 61.7 Å². The Hall–Kier alpha value is -6.25. The number of carbonyl (C=O) groups is 1. The molecule has 0 spiro atoms. The molecule has 10 rings (SSSR count). The minimum Gasteiger partial charge on any atom is -0.444 e. The van der Waals surface area contributed by atoms with Gasteiger partial charge in [-0.25, -0.2) is 24.7 Å². The van der Waals surface area contributed by atoms with Gasteiger partial charge in [0.1, 0.15) is 15.6 Å². The number of carbonyl (C=O) groups excluding carboxylic acids is 1. The number of aromatic nitrogens is 12. The third-order valence-corrected chi connectivity index (χ3v) is 13.0. The predicted molar refractivity (Wildman–Crippen MR) is 254 cm³/mol. The van der Waals surface area contributed by atoms with Gasteiger partial charge in [-0.3, -0.25) is 18.2 Å². The fraction of sp³-hybridized carbons (Fsp3) is 0.444. The lowest BCUT2D eigenvalue weighted by Gasteiger charge is -2.34. The molecule has 2 unspecified atom stereocenters. The molecule has 340 valence electrons. The van der Waals surface area contributed by atoms with E-state index in [1.165, 1.54) is 35.9 Å². The first-order chi connectivity index (χ1) is 31.3. The largest absolute Gasteiger partial charge is 0.444 e. The molecule has 2 fully saturated rings. The van der Waals surface area contributed by atoms with Crippen LogP contribution in [0, 0.1) is 25.7 Å². The molecule has 8 aromatic heterocycles. The molecule has 65 heavy (non-hydrogen) atoms. The van der Waals surface area contributed by atoms with E-state index in [-0.39, 0.29) is 6.09 Å². The van der Waals surface area contributed by atoms with Crippen LogP contribution in [-0.4, -0.2) is 99.8 Å². The van der Waals surface area contributed by atoms with Gasteiger partial charge >= 0.3 is 6.09 Å². The molecule has 2 saturated heterocycles. The smallest absolute Gasteiger partial charge is 0.410 e. The second-order valence-corrected chi connectivity index (χ2v) is 19.7. The lowest BCUT2D eigenvalue weighted by atomic mass is 9.93. The summed E-state index contributed by atoms with van der Waals surface area (Å²) < 4.78 is 22.2. The van der Waals surface area contributed by atoms with Crippen LogP contribution in [0.3, 0.4) is 0 Å². The number of likely N-dealkylation sites (tertiary alicyclic amines) is 1. The van der Waals surface area contributed by atoms with E-state index in [1.54, 1.807) is 4.68 Å². The van der Waals surface area contributed by atoms with Crippen molar-refractivity contribution in [3.05, 3.63) is 84.5 Å². The zero-order valence-corrected chi connectivity index (χ0v) is 39.6. The molecule has 2 atom stereocenters. The first-order valence-corrected chi connectivity index (χ1v) is 23.7. The summed E-state index contributed by atoms with van der Waals surface area (Å²) in [5, 5.41) is 20.9. The highest BCUT2D eigenvalue weighted by Gasteiger charge is 2.29. The lowest BCUT2D eigenvalue weighted by molar-refractivity contribution is 0.0165. The van der Waals surface area contributed by atoms with Crippen molar-refractivity contribution >= 4 is 62.1 Å². The van der Waals surface area contributed by atoms with Crippen LogP contribution < -0.4 is 16.0 Å². The highest BCUT2D eigenvalue weighted by atomic mass is 32.1. The van der Waals surface area contributed by atoms with E-state index in [0.717, 1.165) is 118 Å². The summed E-state index contributed by atoms with van der Waals surface area (Å²) in [5.74, 6) is 2.36. The number of anilines is 4. The fourth-order valence-electron chi connectivity index (χ4n) is 8.47. The molecule has 0 aromatic carbocycles. The topological polar surface area (TPSA) is 187 Å². The SMILES string of the molecule is Cc1cc(Nc2nc(CC3CCCN(C(=O)OC(C)(C)C)C3)cn3c(-c4cnn(C)c4)cnc23)sn1.Cc1cc(Nc2nc(CC3CCCNC3)cn3c(-c4cnn(C)c4)cnc23)sn1. The van der Waals surface area contributed by atoms with Gasteiger partial charge in [-0.05, 0) is 133 Å². The molecule has 3 N–H and O–H groups in total. The summed E-state index contributed by atoms with van der Waals surface area (Å²) in [6.07, 6.45) is 21.5. The van der Waals surface area contributed by atoms with Crippen molar-refractivity contribution in [2.75, 3.05) is 36.8 Å². The lowest BCUT2D eigenvalue weighted by Crippen LogP contribution is -2.43. The average Bonchev–Trinajstić information content (AvgIpc) is 4.14. The molecule has 8 aromatic rings. The monoisotopic (exact) mass is 916 g/mol. The summed E-state index contributed by atoms with van der Waals surface area (Å²) in [6.45, 7) is 13.2. The van der Waals surface area contributed by atoms with Gasteiger partial charge in [-0.1, -0.05) is 0 Å². The Kier molecular flexibility index (Phi) is 12.6. The van der Waals surface area contributed by atoms with Crippen LogP contribution in [0.25, 0.3) is 33.8 Å². The van der Waals surface area contributed by atoms with Gasteiger partial charge in [-0.2, -0.15) is 18.9 Å². The van der Waals surface area contributed by atoms with E-state index in [9.17, 15) is 4.79 Å². The maximum Gasteiger partial charge on any atom is 0.410 e. The molecule has 20 heteroatoms. The Morgan fingerprint density at radius 2 is 1.31 bits per heavy atom. The molecular weight excluding hydrogens is 861 g/mol. The number of amides is 1. The number of nitrogens with zero attached hydrogens (tertiary/aromatic N) is 13. The maximum atomic E-state index is 12.7. The van der Waals surface area contributed by atoms with Crippen molar-refractivity contribution in [3.63, 3.8) is 0 Å². The summed E-state index contributed by atoms with van der Waals surface area (Å²) in [7, 11) is 3.83. The molecule has 18 nitrogen and oxygen atoms in total. The number of rotatable bonds is 10. The van der Waals surface area contributed by atoms with Gasteiger partial charge in [0.05, 0.1) is 59.0 Å². The number of ether oxygens (including phenoxy) is 1. The molecule has 0 radical (unpaired) electrons. The maximum absolute atomic E-state index is 12.7. The summed E-state index contributed by atoms with van der Waals surface area (Å²) in [5.41, 5.74) is 8.98. The van der Waals surface area contributed by atoms with E-state index in [1.807, 2.05) is 108 Å². The Morgan fingerprint density at radius 3 is 1.77 bits per heavy atom. The second kappa shape index (κ2) is 18.7.